The zero-order valence-corrected chi connectivity index (χ0v) is 15.3. The number of imidazole rings is 1. The van der Waals surface area contributed by atoms with Crippen LogP contribution in [0, 0.1) is 20.8 Å². The van der Waals surface area contributed by atoms with E-state index in [-0.39, 0.29) is 0 Å². The third kappa shape index (κ3) is 2.79. The number of nitrogens with zero attached hydrogens (tertiary/aromatic N) is 6. The first-order valence-corrected chi connectivity index (χ1v) is 8.50. The van der Waals surface area contributed by atoms with Crippen molar-refractivity contribution in [3.05, 3.63) is 65.1 Å². The highest BCUT2D eigenvalue weighted by molar-refractivity contribution is 5.67. The molecule has 26 heavy (non-hydrogen) atoms. The fourth-order valence-electron chi connectivity index (χ4n) is 2.87. The highest BCUT2D eigenvalue weighted by Crippen LogP contribution is 2.19. The molecule has 6 heteroatoms. The normalized spacial score (nSPS) is 11.7. The fraction of sp³-hybridized carbons (Fsp3) is 0.200. The molecule has 4 aromatic rings. The van der Waals surface area contributed by atoms with E-state index in [9.17, 15) is 0 Å². The van der Waals surface area contributed by atoms with Crippen molar-refractivity contribution in [3.8, 4) is 11.3 Å². The Morgan fingerprint density at radius 3 is 2.46 bits per heavy atom. The van der Waals surface area contributed by atoms with Crippen LogP contribution in [0.3, 0.4) is 0 Å². The van der Waals surface area contributed by atoms with Crippen molar-refractivity contribution in [2.24, 2.45) is 7.05 Å². The summed E-state index contributed by atoms with van der Waals surface area (Å²) in [6.07, 6.45) is 5.82. The molecule has 6 nitrogen and oxygen atoms in total. The highest BCUT2D eigenvalue weighted by atomic mass is 15.3. The summed E-state index contributed by atoms with van der Waals surface area (Å²) in [4.78, 5) is 13.7. The van der Waals surface area contributed by atoms with Gasteiger partial charge in [-0.05, 0) is 38.5 Å². The molecule has 0 saturated carbocycles. The maximum Gasteiger partial charge on any atom is 0.253 e. The van der Waals surface area contributed by atoms with Crippen molar-refractivity contribution in [1.29, 1.82) is 0 Å². The van der Waals surface area contributed by atoms with E-state index in [0.29, 0.717) is 11.6 Å². The van der Waals surface area contributed by atoms with Crippen LogP contribution in [0.2, 0.25) is 0 Å². The molecule has 4 rings (SSSR count). The minimum Gasteiger partial charge on any atom is -0.334 e. The first kappa shape index (κ1) is 16.2. The number of aromatic nitrogens is 6. The van der Waals surface area contributed by atoms with Crippen LogP contribution in [0.25, 0.3) is 29.2 Å². The average molecular weight is 344 g/mol. The second-order valence-electron chi connectivity index (χ2n) is 6.38. The van der Waals surface area contributed by atoms with Gasteiger partial charge in [0.1, 0.15) is 5.82 Å². The van der Waals surface area contributed by atoms with Crippen molar-refractivity contribution in [2.75, 3.05) is 0 Å². The Labute approximate surface area is 151 Å². The molecule has 0 amide bonds. The van der Waals surface area contributed by atoms with Gasteiger partial charge in [0.05, 0.1) is 5.69 Å². The predicted molar refractivity (Wildman–Crippen MR) is 103 cm³/mol. The molecule has 130 valence electrons. The standard InChI is InChI=1S/C20H20N6/c1-13-14(2)21-20-23-18(24-26(20)15(13)3)10-11-19-22-17(12-25(19)4)16-8-6-5-7-9-16/h5-12H,1-4H3/b11-10+. The molecular weight excluding hydrogens is 324 g/mol. The highest BCUT2D eigenvalue weighted by Gasteiger charge is 2.10. The first-order chi connectivity index (χ1) is 12.5. The number of benzene rings is 1. The van der Waals surface area contributed by atoms with Crippen molar-refractivity contribution in [2.45, 2.75) is 20.8 Å². The van der Waals surface area contributed by atoms with E-state index in [1.54, 1.807) is 4.52 Å². The van der Waals surface area contributed by atoms with Gasteiger partial charge in [0.25, 0.3) is 5.78 Å². The molecule has 3 heterocycles. The smallest absolute Gasteiger partial charge is 0.253 e. The third-order valence-electron chi connectivity index (χ3n) is 4.64. The Kier molecular flexibility index (Phi) is 3.88. The van der Waals surface area contributed by atoms with Crippen LogP contribution in [0.15, 0.2) is 36.5 Å². The SMILES string of the molecule is Cc1nc2nc(/C=C/c3nc(-c4ccccc4)cn3C)nn2c(C)c1C. The van der Waals surface area contributed by atoms with Crippen LogP contribution in [0.5, 0.6) is 0 Å². The summed E-state index contributed by atoms with van der Waals surface area (Å²) in [5.41, 5.74) is 5.21. The third-order valence-corrected chi connectivity index (χ3v) is 4.64. The second kappa shape index (κ2) is 6.22. The monoisotopic (exact) mass is 344 g/mol. The minimum atomic E-state index is 0.620. The molecule has 0 aliphatic carbocycles. The second-order valence-corrected chi connectivity index (χ2v) is 6.38. The Hall–Kier alpha value is -3.28. The zero-order valence-electron chi connectivity index (χ0n) is 15.3. The van der Waals surface area contributed by atoms with Crippen LogP contribution in [-0.2, 0) is 7.05 Å². The van der Waals surface area contributed by atoms with Gasteiger partial charge in [-0.3, -0.25) is 0 Å². The summed E-state index contributed by atoms with van der Waals surface area (Å²) in [5.74, 6) is 2.09. The molecule has 0 spiro atoms. The topological polar surface area (TPSA) is 60.9 Å². The van der Waals surface area contributed by atoms with E-state index in [2.05, 4.69) is 27.2 Å². The van der Waals surface area contributed by atoms with Crippen molar-refractivity contribution >= 4 is 17.9 Å². The van der Waals surface area contributed by atoms with Crippen LogP contribution in [-0.4, -0.2) is 29.1 Å². The van der Waals surface area contributed by atoms with E-state index >= 15 is 0 Å². The van der Waals surface area contributed by atoms with Crippen LogP contribution < -0.4 is 0 Å². The molecule has 0 aliphatic rings. The lowest BCUT2D eigenvalue weighted by atomic mass is 10.2. The van der Waals surface area contributed by atoms with Gasteiger partial charge < -0.3 is 4.57 Å². The van der Waals surface area contributed by atoms with Crippen molar-refractivity contribution in [3.63, 3.8) is 0 Å². The lowest BCUT2D eigenvalue weighted by Gasteiger charge is -2.04. The maximum absolute atomic E-state index is 4.69. The van der Waals surface area contributed by atoms with Gasteiger partial charge in [-0.1, -0.05) is 30.3 Å². The number of rotatable bonds is 3. The van der Waals surface area contributed by atoms with E-state index in [0.717, 1.165) is 34.0 Å². The molecule has 0 radical (unpaired) electrons. The Balaban J connectivity index is 1.68. The molecule has 0 N–H and O–H groups in total. The summed E-state index contributed by atoms with van der Waals surface area (Å²) < 4.78 is 3.78. The van der Waals surface area contributed by atoms with E-state index < -0.39 is 0 Å². The van der Waals surface area contributed by atoms with Gasteiger partial charge in [-0.25, -0.2) is 14.5 Å². The molecule has 3 aromatic heterocycles. The summed E-state index contributed by atoms with van der Waals surface area (Å²) >= 11 is 0. The largest absolute Gasteiger partial charge is 0.334 e. The Bertz CT molecular complexity index is 1120. The summed E-state index contributed by atoms with van der Waals surface area (Å²) in [6.45, 7) is 6.07. The van der Waals surface area contributed by atoms with Crippen LogP contribution in [0.4, 0.5) is 0 Å². The predicted octanol–water partition coefficient (Wildman–Crippen LogP) is 3.62. The molecule has 0 bridgehead atoms. The molecule has 0 atom stereocenters. The van der Waals surface area contributed by atoms with Gasteiger partial charge >= 0.3 is 0 Å². The number of fused-ring (bicyclic) bond motifs is 1. The Morgan fingerprint density at radius 1 is 0.923 bits per heavy atom. The average Bonchev–Trinajstić information content (AvgIpc) is 3.22. The summed E-state index contributed by atoms with van der Waals surface area (Å²) in [5, 5.41) is 4.54. The van der Waals surface area contributed by atoms with Crippen LogP contribution >= 0.6 is 0 Å². The van der Waals surface area contributed by atoms with Crippen LogP contribution in [0.1, 0.15) is 28.6 Å². The van der Waals surface area contributed by atoms with Gasteiger partial charge in [0.2, 0.25) is 0 Å². The fourth-order valence-corrected chi connectivity index (χ4v) is 2.87. The van der Waals surface area contributed by atoms with E-state index in [4.69, 9.17) is 4.98 Å². The van der Waals surface area contributed by atoms with Gasteiger partial charge in [-0.2, -0.15) is 4.98 Å². The van der Waals surface area contributed by atoms with Gasteiger partial charge in [-0.15, -0.1) is 5.10 Å². The molecule has 0 saturated heterocycles. The zero-order chi connectivity index (χ0) is 18.3. The van der Waals surface area contributed by atoms with E-state index in [1.165, 1.54) is 0 Å². The molecule has 0 fully saturated rings. The molecule has 1 aromatic carbocycles. The number of aryl methyl sites for hydroxylation is 3. The Morgan fingerprint density at radius 2 is 1.69 bits per heavy atom. The maximum atomic E-state index is 4.69. The van der Waals surface area contributed by atoms with Gasteiger partial charge in [0.15, 0.2) is 5.82 Å². The van der Waals surface area contributed by atoms with Gasteiger partial charge in [0, 0.05) is 30.2 Å². The number of hydrogen-bond donors (Lipinski definition) is 0. The summed E-state index contributed by atoms with van der Waals surface area (Å²) in [7, 11) is 1.98. The summed E-state index contributed by atoms with van der Waals surface area (Å²) in [6, 6.07) is 10.1. The van der Waals surface area contributed by atoms with E-state index in [1.807, 2.05) is 68.9 Å². The first-order valence-electron chi connectivity index (χ1n) is 8.50. The van der Waals surface area contributed by atoms with Crippen molar-refractivity contribution < 1.29 is 0 Å². The quantitative estimate of drug-likeness (QED) is 0.569. The molecular formula is C20H20N6. The number of hydrogen-bond acceptors (Lipinski definition) is 4. The van der Waals surface area contributed by atoms with Crippen molar-refractivity contribution in [1.82, 2.24) is 29.1 Å². The molecule has 0 aliphatic heterocycles. The lowest BCUT2D eigenvalue weighted by molar-refractivity contribution is 0.865. The lowest BCUT2D eigenvalue weighted by Crippen LogP contribution is -2.02. The molecule has 0 unspecified atom stereocenters. The minimum absolute atomic E-state index is 0.620.